The molecule has 5 nitrogen and oxygen atoms in total. The topological polar surface area (TPSA) is 51.1 Å². The Morgan fingerprint density at radius 1 is 0.895 bits per heavy atom. The second-order valence-electron chi connectivity index (χ2n) is 7.99. The van der Waals surface area contributed by atoms with Gasteiger partial charge in [0.25, 0.3) is 5.91 Å². The van der Waals surface area contributed by atoms with Gasteiger partial charge in [0, 0.05) is 0 Å². The van der Waals surface area contributed by atoms with Gasteiger partial charge in [-0.15, -0.1) is 0 Å². The van der Waals surface area contributed by atoms with Gasteiger partial charge in [0.1, 0.15) is 12.4 Å². The minimum atomic E-state index is -5.08. The molecule has 12 heteroatoms. The van der Waals surface area contributed by atoms with Crippen molar-refractivity contribution in [1.29, 1.82) is 0 Å². The summed E-state index contributed by atoms with van der Waals surface area (Å²) in [6.45, 7) is -0.0197. The number of halogens is 7. The number of carbonyl (C=O) groups excluding carboxylic acids is 1. The quantitative estimate of drug-likeness (QED) is 0.257. The molecule has 0 atom stereocenters. The van der Waals surface area contributed by atoms with E-state index >= 15 is 0 Å². The summed E-state index contributed by atoms with van der Waals surface area (Å²) in [5.74, 6) is -1.34. The zero-order chi connectivity index (χ0) is 27.7. The molecule has 3 aromatic rings. The molecule has 0 saturated heterocycles. The molecule has 1 amide bonds. The Labute approximate surface area is 211 Å². The maximum absolute atomic E-state index is 13.8. The fraction of sp³-hybridized carbons (Fsp3) is 0.154. The highest BCUT2D eigenvalue weighted by molar-refractivity contribution is 6.34. The minimum absolute atomic E-state index is 0.0197. The molecular weight excluding hydrogens is 521 g/mol. The lowest BCUT2D eigenvalue weighted by Gasteiger charge is -2.14. The molecule has 1 heterocycles. The van der Waals surface area contributed by atoms with Crippen LogP contribution < -0.4 is 14.5 Å². The largest absolute Gasteiger partial charge is 0.493 e. The number of hydrogen-bond donors (Lipinski definition) is 0. The number of alkyl halides is 6. The highest BCUT2D eigenvalue weighted by atomic mass is 19.4. The van der Waals surface area contributed by atoms with E-state index < -0.39 is 46.6 Å². The lowest BCUT2D eigenvalue weighted by molar-refractivity contribution is -0.137. The summed E-state index contributed by atoms with van der Waals surface area (Å²) in [4.78, 5) is 12.9. The zero-order valence-electron chi connectivity index (χ0n) is 19.4. The first-order chi connectivity index (χ1) is 17.9. The van der Waals surface area contributed by atoms with Crippen LogP contribution in [-0.2, 0) is 17.6 Å². The molecule has 0 saturated carbocycles. The van der Waals surface area contributed by atoms with E-state index in [1.807, 2.05) is 0 Å². The van der Waals surface area contributed by atoms with Crippen molar-refractivity contribution in [2.24, 2.45) is 5.10 Å². The zero-order valence-corrected chi connectivity index (χ0v) is 19.4. The molecule has 4 rings (SSSR count). The standard InChI is InChI=1S/C26H17F7N2O3/c1-37-21-10-7-16(12-22(21)38-14-15-5-8-18(27)9-6-15)11-20-23(26(31,32)33)34-35(24(20)36)19-4-2-3-17(13-19)25(28,29)30/h2-13H,14H2,1H3/b20-11-. The van der Waals surface area contributed by atoms with E-state index in [1.54, 1.807) is 0 Å². The van der Waals surface area contributed by atoms with E-state index in [9.17, 15) is 35.5 Å². The molecule has 0 aromatic heterocycles. The van der Waals surface area contributed by atoms with Gasteiger partial charge in [0.2, 0.25) is 0 Å². The van der Waals surface area contributed by atoms with Gasteiger partial charge in [-0.3, -0.25) is 4.79 Å². The van der Waals surface area contributed by atoms with Crippen LogP contribution in [0.5, 0.6) is 11.5 Å². The van der Waals surface area contributed by atoms with E-state index in [1.165, 1.54) is 49.6 Å². The first-order valence-electron chi connectivity index (χ1n) is 10.8. The Kier molecular flexibility index (Phi) is 7.16. The Balaban J connectivity index is 1.68. The van der Waals surface area contributed by atoms with E-state index in [-0.39, 0.29) is 28.7 Å². The van der Waals surface area contributed by atoms with Crippen LogP contribution in [-0.4, -0.2) is 24.9 Å². The lowest BCUT2D eigenvalue weighted by Crippen LogP contribution is -2.25. The van der Waals surface area contributed by atoms with Crippen molar-refractivity contribution in [2.75, 3.05) is 12.1 Å². The number of carbonyl (C=O) groups is 1. The SMILES string of the molecule is COc1ccc(/C=C2\C(=O)N(c3cccc(C(F)(F)F)c3)N=C2C(F)(F)F)cc1OCc1ccc(F)cc1. The number of methoxy groups -OCH3 is 1. The predicted molar refractivity (Wildman–Crippen MR) is 124 cm³/mol. The smallest absolute Gasteiger partial charge is 0.435 e. The van der Waals surface area contributed by atoms with E-state index in [0.29, 0.717) is 11.6 Å². The van der Waals surface area contributed by atoms with Crippen molar-refractivity contribution in [2.45, 2.75) is 19.0 Å². The number of nitrogens with zero attached hydrogens (tertiary/aromatic N) is 2. The molecular formula is C26H17F7N2O3. The number of rotatable bonds is 6. The van der Waals surface area contributed by atoms with Crippen LogP contribution in [0.25, 0.3) is 6.08 Å². The molecule has 0 fully saturated rings. The third-order valence-corrected chi connectivity index (χ3v) is 5.37. The highest BCUT2D eigenvalue weighted by Gasteiger charge is 2.47. The summed E-state index contributed by atoms with van der Waals surface area (Å²) in [6, 6.07) is 12.8. The van der Waals surface area contributed by atoms with Crippen molar-refractivity contribution < 1.29 is 45.0 Å². The molecule has 1 aliphatic heterocycles. The van der Waals surface area contributed by atoms with Crippen LogP contribution >= 0.6 is 0 Å². The van der Waals surface area contributed by atoms with Gasteiger partial charge in [-0.2, -0.15) is 36.5 Å². The van der Waals surface area contributed by atoms with Gasteiger partial charge in [0.05, 0.1) is 23.9 Å². The number of anilines is 1. The van der Waals surface area contributed by atoms with Gasteiger partial charge < -0.3 is 9.47 Å². The average molecular weight is 538 g/mol. The molecule has 0 N–H and O–H groups in total. The Morgan fingerprint density at radius 2 is 1.61 bits per heavy atom. The second-order valence-corrected chi connectivity index (χ2v) is 7.99. The Bertz CT molecular complexity index is 1410. The summed E-state index contributed by atoms with van der Waals surface area (Å²) in [5.41, 5.74) is -3.36. The first kappa shape index (κ1) is 26.7. The van der Waals surface area contributed by atoms with Crippen molar-refractivity contribution in [1.82, 2.24) is 0 Å². The molecule has 0 bridgehead atoms. The van der Waals surface area contributed by atoms with Gasteiger partial charge in [-0.05, 0) is 59.7 Å². The molecule has 0 radical (unpaired) electrons. The molecule has 0 aliphatic carbocycles. The summed E-state index contributed by atoms with van der Waals surface area (Å²) < 4.78 is 105. The average Bonchev–Trinajstić information content (AvgIpc) is 3.19. The molecule has 1 aliphatic rings. The maximum atomic E-state index is 13.8. The third kappa shape index (κ3) is 5.79. The Morgan fingerprint density at radius 3 is 2.24 bits per heavy atom. The number of amides is 1. The number of benzene rings is 3. The molecule has 198 valence electrons. The summed E-state index contributed by atoms with van der Waals surface area (Å²) in [5, 5.41) is 3.58. The molecule has 3 aromatic carbocycles. The monoisotopic (exact) mass is 538 g/mol. The second kappa shape index (κ2) is 10.2. The van der Waals surface area contributed by atoms with Crippen LogP contribution in [0, 0.1) is 5.82 Å². The first-order valence-corrected chi connectivity index (χ1v) is 10.8. The van der Waals surface area contributed by atoms with Crippen LogP contribution in [0.4, 0.5) is 36.4 Å². The van der Waals surface area contributed by atoms with Gasteiger partial charge in [0.15, 0.2) is 17.2 Å². The van der Waals surface area contributed by atoms with E-state index in [0.717, 1.165) is 24.3 Å². The lowest BCUT2D eigenvalue weighted by atomic mass is 10.1. The van der Waals surface area contributed by atoms with Crippen LogP contribution in [0.15, 0.2) is 77.4 Å². The van der Waals surface area contributed by atoms with Crippen molar-refractivity contribution in [3.05, 3.63) is 94.8 Å². The Hall–Kier alpha value is -4.35. The van der Waals surface area contributed by atoms with E-state index in [2.05, 4.69) is 5.10 Å². The number of ether oxygens (including phenoxy) is 2. The predicted octanol–water partition coefficient (Wildman–Crippen LogP) is 6.78. The van der Waals surface area contributed by atoms with Gasteiger partial charge >= 0.3 is 12.4 Å². The van der Waals surface area contributed by atoms with Crippen molar-refractivity contribution >= 4 is 23.4 Å². The number of hydrazone groups is 1. The van der Waals surface area contributed by atoms with Crippen molar-refractivity contribution in [3.8, 4) is 11.5 Å². The highest BCUT2D eigenvalue weighted by Crippen LogP contribution is 2.37. The maximum Gasteiger partial charge on any atom is 0.435 e. The minimum Gasteiger partial charge on any atom is -0.493 e. The molecule has 38 heavy (non-hydrogen) atoms. The van der Waals surface area contributed by atoms with Crippen LogP contribution in [0.3, 0.4) is 0 Å². The van der Waals surface area contributed by atoms with E-state index in [4.69, 9.17) is 9.47 Å². The van der Waals surface area contributed by atoms with Gasteiger partial charge in [-0.25, -0.2) is 4.39 Å². The molecule has 0 spiro atoms. The van der Waals surface area contributed by atoms with Crippen LogP contribution in [0.1, 0.15) is 16.7 Å². The summed E-state index contributed by atoms with van der Waals surface area (Å²) >= 11 is 0. The summed E-state index contributed by atoms with van der Waals surface area (Å²) in [6.07, 6.45) is -8.94. The normalized spacial score (nSPS) is 15.2. The fourth-order valence-corrected chi connectivity index (χ4v) is 3.55. The fourth-order valence-electron chi connectivity index (χ4n) is 3.55. The molecule has 0 unspecified atom stereocenters. The third-order valence-electron chi connectivity index (χ3n) is 5.37. The van der Waals surface area contributed by atoms with Crippen molar-refractivity contribution in [3.63, 3.8) is 0 Å². The number of hydrogen-bond acceptors (Lipinski definition) is 4. The van der Waals surface area contributed by atoms with Crippen LogP contribution in [0.2, 0.25) is 0 Å². The summed E-state index contributed by atoms with van der Waals surface area (Å²) in [7, 11) is 1.35. The van der Waals surface area contributed by atoms with Gasteiger partial charge in [-0.1, -0.05) is 24.3 Å².